The summed E-state index contributed by atoms with van der Waals surface area (Å²) in [4.78, 5) is 36.9. The Morgan fingerprint density at radius 2 is 2.15 bits per heavy atom. The summed E-state index contributed by atoms with van der Waals surface area (Å²) >= 11 is 0. The maximum Gasteiger partial charge on any atom is 0.325 e. The second-order valence-corrected chi connectivity index (χ2v) is 7.32. The van der Waals surface area contributed by atoms with E-state index in [0.29, 0.717) is 23.3 Å². The van der Waals surface area contributed by atoms with Crippen LogP contribution in [0, 0.1) is 5.82 Å². The van der Waals surface area contributed by atoms with Crippen LogP contribution >= 0.6 is 0 Å². The number of phenolic OH excluding ortho intramolecular Hbond substituents is 1. The van der Waals surface area contributed by atoms with Crippen molar-refractivity contribution in [1.82, 2.24) is 15.6 Å². The number of benzene rings is 1. The summed E-state index contributed by atoms with van der Waals surface area (Å²) in [5.41, 5.74) is 2.44. The van der Waals surface area contributed by atoms with Gasteiger partial charge >= 0.3 is 6.03 Å². The van der Waals surface area contributed by atoms with E-state index >= 15 is 0 Å². The fourth-order valence-electron chi connectivity index (χ4n) is 3.38. The number of hydrogen-bond donors (Lipinski definition) is 3. The number of urea groups is 1. The van der Waals surface area contributed by atoms with E-state index in [0.717, 1.165) is 4.90 Å². The van der Waals surface area contributed by atoms with E-state index in [1.165, 1.54) is 12.1 Å². The summed E-state index contributed by atoms with van der Waals surface area (Å²) in [5.74, 6) is -1.58. The third-order valence-electron chi connectivity index (χ3n) is 4.77. The number of fused-ring (bicyclic) bond motifs is 1. The third kappa shape index (κ3) is 3.36. The number of carbonyl (C=O) groups is 3. The molecule has 4 amide bonds. The first-order chi connectivity index (χ1) is 12.6. The van der Waals surface area contributed by atoms with Crippen molar-refractivity contribution in [3.05, 3.63) is 29.1 Å². The number of hydrazone groups is 1. The van der Waals surface area contributed by atoms with Crippen LogP contribution < -0.4 is 10.7 Å². The van der Waals surface area contributed by atoms with Crippen LogP contribution in [0.1, 0.15) is 50.7 Å². The van der Waals surface area contributed by atoms with Crippen LogP contribution in [-0.4, -0.2) is 45.6 Å². The third-order valence-corrected chi connectivity index (χ3v) is 4.77. The van der Waals surface area contributed by atoms with E-state index in [1.807, 2.05) is 6.92 Å². The van der Waals surface area contributed by atoms with Crippen LogP contribution in [0.4, 0.5) is 9.18 Å². The molecule has 27 heavy (non-hydrogen) atoms. The molecule has 1 heterocycles. The molecule has 3 rings (SSSR count). The van der Waals surface area contributed by atoms with Crippen molar-refractivity contribution in [1.29, 1.82) is 0 Å². The Bertz CT molecular complexity index is 865. The molecular weight excluding hydrogens is 355 g/mol. The van der Waals surface area contributed by atoms with Gasteiger partial charge in [-0.05, 0) is 38.3 Å². The van der Waals surface area contributed by atoms with Crippen molar-refractivity contribution in [3.63, 3.8) is 0 Å². The van der Waals surface area contributed by atoms with Gasteiger partial charge in [-0.2, -0.15) is 5.10 Å². The van der Waals surface area contributed by atoms with Gasteiger partial charge in [0.15, 0.2) is 0 Å². The molecule has 8 nitrogen and oxygen atoms in total. The molecular formula is C18H21FN4O4. The number of phenols is 1. The lowest BCUT2D eigenvalue weighted by molar-refractivity contribution is -0.130. The van der Waals surface area contributed by atoms with E-state index in [2.05, 4.69) is 15.8 Å². The summed E-state index contributed by atoms with van der Waals surface area (Å²) in [5, 5.41) is 16.6. The van der Waals surface area contributed by atoms with Crippen LogP contribution in [0.2, 0.25) is 0 Å². The Labute approximate surface area is 155 Å². The molecule has 1 aromatic rings. The molecule has 1 aromatic carbocycles. The van der Waals surface area contributed by atoms with Gasteiger partial charge in [-0.25, -0.2) is 14.6 Å². The number of aromatic hydroxyl groups is 1. The molecule has 0 radical (unpaired) electrons. The highest BCUT2D eigenvalue weighted by Gasteiger charge is 2.44. The summed E-state index contributed by atoms with van der Waals surface area (Å²) in [6.45, 7) is 4.91. The van der Waals surface area contributed by atoms with Gasteiger partial charge in [-0.15, -0.1) is 0 Å². The van der Waals surface area contributed by atoms with Gasteiger partial charge in [0.25, 0.3) is 5.91 Å². The number of imide groups is 1. The predicted octanol–water partition coefficient (Wildman–Crippen LogP) is 1.58. The van der Waals surface area contributed by atoms with Gasteiger partial charge in [0.2, 0.25) is 5.91 Å². The van der Waals surface area contributed by atoms with Crippen molar-refractivity contribution >= 4 is 23.6 Å². The summed E-state index contributed by atoms with van der Waals surface area (Å²) < 4.78 is 14.0. The first-order valence-electron chi connectivity index (χ1n) is 8.63. The maximum absolute atomic E-state index is 14.0. The molecule has 0 saturated carbocycles. The molecule has 1 aliphatic heterocycles. The largest absolute Gasteiger partial charge is 0.507 e. The normalized spacial score (nSPS) is 22.1. The van der Waals surface area contributed by atoms with Gasteiger partial charge in [0, 0.05) is 24.1 Å². The van der Waals surface area contributed by atoms with Crippen LogP contribution in [0.15, 0.2) is 17.2 Å². The van der Waals surface area contributed by atoms with Crippen LogP contribution in [-0.2, 0) is 9.59 Å². The monoisotopic (exact) mass is 376 g/mol. The number of halogens is 1. The minimum atomic E-state index is -0.987. The molecule has 9 heteroatoms. The lowest BCUT2D eigenvalue weighted by atomic mass is 10.0. The van der Waals surface area contributed by atoms with Crippen LogP contribution in [0.25, 0.3) is 0 Å². The smallest absolute Gasteiger partial charge is 0.325 e. The highest BCUT2D eigenvalue weighted by Crippen LogP contribution is 2.39. The number of rotatable bonds is 4. The summed E-state index contributed by atoms with van der Waals surface area (Å²) in [6.07, 6.45) is 0.259. The minimum Gasteiger partial charge on any atom is -0.507 e. The van der Waals surface area contributed by atoms with Gasteiger partial charge in [-0.3, -0.25) is 14.5 Å². The second-order valence-electron chi connectivity index (χ2n) is 7.32. The SMILES string of the molecule is C[C@H]1C/C(=N\NC(=O)CCN2C(=O)NC(C)(C)C2=O)c2c(O)ccc(F)c21. The zero-order valence-electron chi connectivity index (χ0n) is 15.3. The van der Waals surface area contributed by atoms with E-state index in [4.69, 9.17) is 0 Å². The first-order valence-corrected chi connectivity index (χ1v) is 8.63. The molecule has 0 unspecified atom stereocenters. The van der Waals surface area contributed by atoms with E-state index in [9.17, 15) is 23.9 Å². The lowest BCUT2D eigenvalue weighted by Gasteiger charge is -2.15. The second kappa shape index (κ2) is 6.64. The Kier molecular flexibility index (Phi) is 4.63. The molecule has 0 bridgehead atoms. The Hall–Kier alpha value is -2.97. The summed E-state index contributed by atoms with van der Waals surface area (Å²) in [7, 11) is 0. The average molecular weight is 376 g/mol. The Morgan fingerprint density at radius 1 is 1.44 bits per heavy atom. The number of hydrogen-bond acceptors (Lipinski definition) is 5. The van der Waals surface area contributed by atoms with Crippen LogP contribution in [0.5, 0.6) is 5.75 Å². The van der Waals surface area contributed by atoms with Gasteiger partial charge in [0.1, 0.15) is 17.1 Å². The highest BCUT2D eigenvalue weighted by atomic mass is 19.1. The quantitative estimate of drug-likeness (QED) is 0.547. The number of carbonyl (C=O) groups excluding carboxylic acids is 3. The number of amides is 4. The molecule has 0 aromatic heterocycles. The molecule has 144 valence electrons. The molecule has 1 fully saturated rings. The van der Waals surface area contributed by atoms with Gasteiger partial charge in [-0.1, -0.05) is 6.92 Å². The Morgan fingerprint density at radius 3 is 2.78 bits per heavy atom. The minimum absolute atomic E-state index is 0.0718. The highest BCUT2D eigenvalue weighted by molar-refractivity contribution is 6.08. The van der Waals surface area contributed by atoms with E-state index in [1.54, 1.807) is 13.8 Å². The van der Waals surface area contributed by atoms with Gasteiger partial charge < -0.3 is 10.4 Å². The first kappa shape index (κ1) is 18.8. The molecule has 1 atom stereocenters. The molecule has 0 spiro atoms. The van der Waals surface area contributed by atoms with E-state index < -0.39 is 29.2 Å². The van der Waals surface area contributed by atoms with Gasteiger partial charge in [0.05, 0.1) is 5.71 Å². The molecule has 2 aliphatic rings. The van der Waals surface area contributed by atoms with E-state index in [-0.39, 0.29) is 24.6 Å². The number of nitrogens with zero attached hydrogens (tertiary/aromatic N) is 2. The molecule has 1 saturated heterocycles. The van der Waals surface area contributed by atoms with Crippen molar-refractivity contribution in [2.75, 3.05) is 6.54 Å². The average Bonchev–Trinajstić information content (AvgIpc) is 3.02. The molecule has 3 N–H and O–H groups in total. The predicted molar refractivity (Wildman–Crippen MR) is 94.7 cm³/mol. The van der Waals surface area contributed by atoms with Crippen molar-refractivity contribution < 1.29 is 23.9 Å². The summed E-state index contributed by atoms with van der Waals surface area (Å²) in [6, 6.07) is 1.91. The lowest BCUT2D eigenvalue weighted by Crippen LogP contribution is -2.40. The van der Waals surface area contributed by atoms with Crippen LogP contribution in [0.3, 0.4) is 0 Å². The number of nitrogens with one attached hydrogen (secondary N) is 2. The van der Waals surface area contributed by atoms with Crippen molar-refractivity contribution in [2.45, 2.75) is 45.1 Å². The topological polar surface area (TPSA) is 111 Å². The van der Waals surface area contributed by atoms with Crippen molar-refractivity contribution in [2.24, 2.45) is 5.10 Å². The fourth-order valence-corrected chi connectivity index (χ4v) is 3.38. The molecule has 1 aliphatic carbocycles. The zero-order valence-corrected chi connectivity index (χ0v) is 15.3. The standard InChI is InChI=1S/C18H21FN4O4/c1-9-8-11(15-12(24)5-4-10(19)14(9)15)21-22-13(25)6-7-23-16(26)18(2,3)20-17(23)27/h4-5,9,24H,6-8H2,1-3H3,(H,20,27)(H,22,25)/b21-11+/t9-/m0/s1. The fraction of sp³-hybridized carbons (Fsp3) is 0.444. The maximum atomic E-state index is 14.0. The Balaban J connectivity index is 1.65. The van der Waals surface area contributed by atoms with Crippen molar-refractivity contribution in [3.8, 4) is 5.75 Å². The zero-order chi connectivity index (χ0) is 19.9.